The molecule has 0 saturated heterocycles. The third kappa shape index (κ3) is 7.15. The molecular formula is C14H18O6. The first kappa shape index (κ1) is 17.6. The van der Waals surface area contributed by atoms with Crippen LogP contribution in [0.4, 0.5) is 0 Å². The lowest BCUT2D eigenvalue weighted by molar-refractivity contribution is -0.137. The molecule has 0 unspecified atom stereocenters. The van der Waals surface area contributed by atoms with Gasteiger partial charge in [0.05, 0.1) is 18.3 Å². The molecule has 6 heteroatoms. The molecule has 0 aromatic rings. The number of carbonyl (C=O) groups excluding carboxylic acids is 1. The van der Waals surface area contributed by atoms with Gasteiger partial charge in [-0.15, -0.1) is 0 Å². The Labute approximate surface area is 117 Å². The summed E-state index contributed by atoms with van der Waals surface area (Å²) in [5.41, 5.74) is 0.144. The van der Waals surface area contributed by atoms with Crippen molar-refractivity contribution < 1.29 is 29.3 Å². The predicted molar refractivity (Wildman–Crippen MR) is 71.9 cm³/mol. The van der Waals surface area contributed by atoms with Crippen LogP contribution in [0.2, 0.25) is 0 Å². The fourth-order valence-electron chi connectivity index (χ4n) is 1.51. The first-order chi connectivity index (χ1) is 9.42. The monoisotopic (exact) mass is 282 g/mol. The Morgan fingerprint density at radius 2 is 1.85 bits per heavy atom. The van der Waals surface area contributed by atoms with Gasteiger partial charge in [0.2, 0.25) is 0 Å². The van der Waals surface area contributed by atoms with Gasteiger partial charge in [-0.1, -0.05) is 19.9 Å². The average molecular weight is 282 g/mol. The van der Waals surface area contributed by atoms with Crippen molar-refractivity contribution in [3.05, 3.63) is 36.1 Å². The van der Waals surface area contributed by atoms with Crippen molar-refractivity contribution in [3.8, 4) is 0 Å². The summed E-state index contributed by atoms with van der Waals surface area (Å²) < 4.78 is 4.57. The van der Waals surface area contributed by atoms with E-state index in [1.165, 1.54) is 0 Å². The zero-order valence-corrected chi connectivity index (χ0v) is 11.3. The highest BCUT2D eigenvalue weighted by Crippen LogP contribution is 2.19. The van der Waals surface area contributed by atoms with Gasteiger partial charge in [-0.25, -0.2) is 9.59 Å². The summed E-state index contributed by atoms with van der Waals surface area (Å²) in [6.45, 7) is 5.17. The van der Waals surface area contributed by atoms with Crippen LogP contribution in [-0.4, -0.2) is 28.1 Å². The van der Waals surface area contributed by atoms with Gasteiger partial charge >= 0.3 is 17.9 Å². The van der Waals surface area contributed by atoms with E-state index in [-0.39, 0.29) is 12.0 Å². The minimum atomic E-state index is -1.28. The van der Waals surface area contributed by atoms with Crippen LogP contribution in [0.1, 0.15) is 32.6 Å². The van der Waals surface area contributed by atoms with Crippen LogP contribution in [0.15, 0.2) is 36.1 Å². The lowest BCUT2D eigenvalue weighted by Gasteiger charge is -2.09. The third-order valence-corrected chi connectivity index (χ3v) is 2.41. The second-order valence-electron chi connectivity index (χ2n) is 3.93. The fourth-order valence-corrected chi connectivity index (χ4v) is 1.51. The van der Waals surface area contributed by atoms with Gasteiger partial charge in [0.15, 0.2) is 0 Å². The van der Waals surface area contributed by atoms with Gasteiger partial charge in [0.1, 0.15) is 0 Å². The Balaban J connectivity index is 5.38. The zero-order valence-electron chi connectivity index (χ0n) is 11.3. The molecule has 0 aliphatic heterocycles. The molecule has 0 aromatic heterocycles. The van der Waals surface area contributed by atoms with Crippen molar-refractivity contribution >= 4 is 17.9 Å². The van der Waals surface area contributed by atoms with Crippen molar-refractivity contribution in [1.29, 1.82) is 0 Å². The van der Waals surface area contributed by atoms with Crippen molar-refractivity contribution in [1.82, 2.24) is 0 Å². The number of ether oxygens (including phenoxy) is 1. The molecule has 0 amide bonds. The van der Waals surface area contributed by atoms with Crippen molar-refractivity contribution in [2.45, 2.75) is 32.6 Å². The summed E-state index contributed by atoms with van der Waals surface area (Å²) >= 11 is 0. The molecule has 20 heavy (non-hydrogen) atoms. The summed E-state index contributed by atoms with van der Waals surface area (Å²) in [7, 11) is 0. The summed E-state index contributed by atoms with van der Waals surface area (Å²) in [6.07, 6.45) is 4.36. The fraction of sp³-hybridized carbons (Fsp3) is 0.357. The van der Waals surface area contributed by atoms with Crippen LogP contribution in [0, 0.1) is 0 Å². The van der Waals surface area contributed by atoms with E-state index < -0.39 is 17.9 Å². The van der Waals surface area contributed by atoms with Crippen LogP contribution in [0.3, 0.4) is 0 Å². The van der Waals surface area contributed by atoms with E-state index >= 15 is 0 Å². The maximum atomic E-state index is 11.4. The van der Waals surface area contributed by atoms with E-state index in [4.69, 9.17) is 10.2 Å². The van der Waals surface area contributed by atoms with Crippen molar-refractivity contribution in [2.75, 3.05) is 0 Å². The van der Waals surface area contributed by atoms with E-state index in [1.54, 1.807) is 0 Å². The Bertz CT molecular complexity index is 445. The normalized spacial score (nSPS) is 11.8. The Hall–Kier alpha value is -2.37. The number of unbranched alkanes of at least 4 members (excludes halogenated alkanes) is 1. The highest BCUT2D eigenvalue weighted by molar-refractivity contribution is 5.94. The van der Waals surface area contributed by atoms with Gasteiger partial charge in [-0.2, -0.15) is 0 Å². The van der Waals surface area contributed by atoms with Crippen LogP contribution >= 0.6 is 0 Å². The van der Waals surface area contributed by atoms with Crippen molar-refractivity contribution in [2.24, 2.45) is 0 Å². The summed E-state index contributed by atoms with van der Waals surface area (Å²) in [6, 6.07) is 0. The van der Waals surface area contributed by atoms with Crippen LogP contribution in [-0.2, 0) is 19.1 Å². The predicted octanol–water partition coefficient (Wildman–Crippen LogP) is 2.28. The van der Waals surface area contributed by atoms with E-state index in [9.17, 15) is 14.4 Å². The standard InChI is InChI=1S/C14H18O6/c1-3-5-6-10(9-13(17)20-4-2)11(14(18)19)7-8-12(15)16/h4,7-8H,2-3,5-6,9H2,1H3,(H,15,16)(H,18,19). The molecule has 2 N–H and O–H groups in total. The molecular weight excluding hydrogens is 264 g/mol. The number of carbonyl (C=O) groups is 3. The summed E-state index contributed by atoms with van der Waals surface area (Å²) in [4.78, 5) is 33.1. The summed E-state index contributed by atoms with van der Waals surface area (Å²) in [5.74, 6) is -3.17. The highest BCUT2D eigenvalue weighted by Gasteiger charge is 2.15. The molecule has 0 spiro atoms. The molecule has 0 aromatic carbocycles. The van der Waals surface area contributed by atoms with Gasteiger partial charge in [-0.05, 0) is 24.5 Å². The number of carboxylic acids is 2. The van der Waals surface area contributed by atoms with E-state index in [0.717, 1.165) is 24.8 Å². The Morgan fingerprint density at radius 1 is 1.20 bits per heavy atom. The first-order valence-electron chi connectivity index (χ1n) is 6.09. The van der Waals surface area contributed by atoms with Crippen LogP contribution in [0.25, 0.3) is 0 Å². The van der Waals surface area contributed by atoms with Crippen LogP contribution < -0.4 is 0 Å². The number of esters is 1. The SMILES string of the molecule is C=COC(=O)CC(CCCC)=C(C=CC(=O)O)C(=O)O. The molecule has 0 saturated carbocycles. The number of hydrogen-bond acceptors (Lipinski definition) is 4. The molecule has 110 valence electrons. The molecule has 6 nitrogen and oxygen atoms in total. The molecule has 0 heterocycles. The largest absolute Gasteiger partial charge is 0.478 e. The van der Waals surface area contributed by atoms with E-state index in [2.05, 4.69) is 11.3 Å². The first-order valence-corrected chi connectivity index (χ1v) is 6.09. The molecule has 0 atom stereocenters. The third-order valence-electron chi connectivity index (χ3n) is 2.41. The lowest BCUT2D eigenvalue weighted by atomic mass is 9.98. The quantitative estimate of drug-likeness (QED) is 0.291. The second-order valence-corrected chi connectivity index (χ2v) is 3.93. The molecule has 0 aliphatic rings. The molecule has 0 bridgehead atoms. The minimum Gasteiger partial charge on any atom is -0.478 e. The van der Waals surface area contributed by atoms with Crippen LogP contribution in [0.5, 0.6) is 0 Å². The molecule has 0 aliphatic carbocycles. The number of rotatable bonds is 9. The Morgan fingerprint density at radius 3 is 2.30 bits per heavy atom. The average Bonchev–Trinajstić information content (AvgIpc) is 2.35. The van der Waals surface area contributed by atoms with E-state index in [1.807, 2.05) is 6.92 Å². The van der Waals surface area contributed by atoms with Crippen molar-refractivity contribution in [3.63, 3.8) is 0 Å². The van der Waals surface area contributed by atoms with Gasteiger partial charge in [0, 0.05) is 6.08 Å². The molecule has 0 rings (SSSR count). The van der Waals surface area contributed by atoms with Gasteiger partial charge in [-0.3, -0.25) is 4.79 Å². The minimum absolute atomic E-state index is 0.193. The topological polar surface area (TPSA) is 101 Å². The second kappa shape index (κ2) is 9.55. The summed E-state index contributed by atoms with van der Waals surface area (Å²) in [5, 5.41) is 17.7. The molecule has 0 radical (unpaired) electrons. The number of carboxylic acid groups (broad SMARTS) is 2. The number of aliphatic carboxylic acids is 2. The zero-order chi connectivity index (χ0) is 15.5. The van der Waals surface area contributed by atoms with Gasteiger partial charge < -0.3 is 14.9 Å². The van der Waals surface area contributed by atoms with E-state index in [0.29, 0.717) is 18.4 Å². The smallest absolute Gasteiger partial charge is 0.335 e. The maximum Gasteiger partial charge on any atom is 0.335 e. The van der Waals surface area contributed by atoms with Gasteiger partial charge in [0.25, 0.3) is 0 Å². The lowest BCUT2D eigenvalue weighted by Crippen LogP contribution is -2.08. The maximum absolute atomic E-state index is 11.4. The highest BCUT2D eigenvalue weighted by atomic mass is 16.5. The Kier molecular flexibility index (Phi) is 8.41. The molecule has 0 fully saturated rings. The number of hydrogen-bond donors (Lipinski definition) is 2.